The van der Waals surface area contributed by atoms with E-state index >= 15 is 0 Å². The molecule has 2 aromatic carbocycles. The second-order valence-corrected chi connectivity index (χ2v) is 7.02. The van der Waals surface area contributed by atoms with Gasteiger partial charge in [-0.3, -0.25) is 0 Å². The number of nitrogens with one attached hydrogen (secondary N) is 2. The van der Waals surface area contributed by atoms with E-state index in [1.54, 1.807) is 12.1 Å². The van der Waals surface area contributed by atoms with Gasteiger partial charge in [-0.1, -0.05) is 41.4 Å². The van der Waals surface area contributed by atoms with Gasteiger partial charge >= 0.3 is 0 Å². The first-order valence-electron chi connectivity index (χ1n) is 8.50. The van der Waals surface area contributed by atoms with Crippen LogP contribution < -0.4 is 5.32 Å². The summed E-state index contributed by atoms with van der Waals surface area (Å²) < 4.78 is 5.90. The second-order valence-electron chi connectivity index (χ2n) is 6.18. The summed E-state index contributed by atoms with van der Waals surface area (Å²) in [4.78, 5) is 3.31. The minimum atomic E-state index is 0.627. The van der Waals surface area contributed by atoms with E-state index in [-0.39, 0.29) is 0 Å². The Morgan fingerprint density at radius 2 is 1.88 bits per heavy atom. The van der Waals surface area contributed by atoms with Gasteiger partial charge in [0.2, 0.25) is 0 Å². The molecule has 0 aliphatic rings. The molecular formula is C21H18Cl2N2O. The highest BCUT2D eigenvalue weighted by atomic mass is 35.5. The third-order valence-corrected chi connectivity index (χ3v) is 4.97. The summed E-state index contributed by atoms with van der Waals surface area (Å²) in [6.07, 6.45) is 3.04. The summed E-state index contributed by atoms with van der Waals surface area (Å²) in [5.74, 6) is 1.60. The number of benzene rings is 2. The minimum Gasteiger partial charge on any atom is -0.460 e. The lowest BCUT2D eigenvalue weighted by atomic mass is 10.1. The molecule has 5 heteroatoms. The molecule has 132 valence electrons. The lowest BCUT2D eigenvalue weighted by Crippen LogP contribution is -2.16. The van der Waals surface area contributed by atoms with Crippen LogP contribution in [0.4, 0.5) is 0 Å². The van der Waals surface area contributed by atoms with Crippen molar-refractivity contribution in [2.75, 3.05) is 6.54 Å². The monoisotopic (exact) mass is 384 g/mol. The highest BCUT2D eigenvalue weighted by Gasteiger charge is 2.09. The van der Waals surface area contributed by atoms with Crippen molar-refractivity contribution < 1.29 is 4.42 Å². The lowest BCUT2D eigenvalue weighted by molar-refractivity contribution is 0.495. The van der Waals surface area contributed by atoms with Gasteiger partial charge in [-0.15, -0.1) is 0 Å². The van der Waals surface area contributed by atoms with Crippen LogP contribution >= 0.6 is 23.2 Å². The predicted molar refractivity (Wildman–Crippen MR) is 108 cm³/mol. The predicted octanol–water partition coefficient (Wildman–Crippen LogP) is 6.07. The lowest BCUT2D eigenvalue weighted by Gasteiger charge is -2.04. The van der Waals surface area contributed by atoms with Crippen molar-refractivity contribution in [3.8, 4) is 11.3 Å². The van der Waals surface area contributed by atoms with Crippen LogP contribution in [-0.2, 0) is 13.0 Å². The van der Waals surface area contributed by atoms with Crippen LogP contribution in [0.3, 0.4) is 0 Å². The van der Waals surface area contributed by atoms with Crippen LogP contribution in [0.5, 0.6) is 0 Å². The van der Waals surface area contributed by atoms with Gasteiger partial charge in [0.05, 0.1) is 11.6 Å². The van der Waals surface area contributed by atoms with E-state index in [9.17, 15) is 0 Å². The quantitative estimate of drug-likeness (QED) is 0.396. The standard InChI is InChI=1S/C21H18Cl2N2O/c22-15-5-7-19(23)18(11-15)21-8-6-16(26-21)13-24-10-9-14-12-25-20-4-2-1-3-17(14)20/h1-8,11-12,24-25H,9-10,13H2. The first kappa shape index (κ1) is 17.2. The molecule has 2 heterocycles. The number of aromatic amines is 1. The summed E-state index contributed by atoms with van der Waals surface area (Å²) in [5, 5.41) is 5.98. The maximum atomic E-state index is 6.23. The van der Waals surface area contributed by atoms with Crippen molar-refractivity contribution in [3.05, 3.63) is 82.2 Å². The van der Waals surface area contributed by atoms with Gasteiger partial charge in [-0.05, 0) is 54.9 Å². The molecule has 4 rings (SSSR count). The van der Waals surface area contributed by atoms with Crippen molar-refractivity contribution in [3.63, 3.8) is 0 Å². The number of hydrogen-bond acceptors (Lipinski definition) is 2. The smallest absolute Gasteiger partial charge is 0.135 e. The molecule has 2 N–H and O–H groups in total. The van der Waals surface area contributed by atoms with E-state index < -0.39 is 0 Å². The highest BCUT2D eigenvalue weighted by molar-refractivity contribution is 6.35. The molecule has 0 saturated carbocycles. The zero-order valence-corrected chi connectivity index (χ0v) is 15.6. The molecular weight excluding hydrogens is 367 g/mol. The summed E-state index contributed by atoms with van der Waals surface area (Å²) in [6, 6.07) is 17.6. The Hall–Kier alpha value is -2.20. The summed E-state index contributed by atoms with van der Waals surface area (Å²) in [7, 11) is 0. The van der Waals surface area contributed by atoms with E-state index in [0.29, 0.717) is 16.6 Å². The Morgan fingerprint density at radius 3 is 2.81 bits per heavy atom. The Bertz CT molecular complexity index is 1040. The second kappa shape index (κ2) is 7.58. The van der Waals surface area contributed by atoms with Gasteiger partial charge in [0.25, 0.3) is 0 Å². The summed E-state index contributed by atoms with van der Waals surface area (Å²) in [6.45, 7) is 1.54. The largest absolute Gasteiger partial charge is 0.460 e. The van der Waals surface area contributed by atoms with Gasteiger partial charge in [0.1, 0.15) is 11.5 Å². The fourth-order valence-corrected chi connectivity index (χ4v) is 3.46. The highest BCUT2D eigenvalue weighted by Crippen LogP contribution is 2.31. The van der Waals surface area contributed by atoms with Crippen LogP contribution in [0.25, 0.3) is 22.2 Å². The first-order chi connectivity index (χ1) is 12.7. The Balaban J connectivity index is 1.36. The average Bonchev–Trinajstić information content (AvgIpc) is 3.28. The van der Waals surface area contributed by atoms with E-state index in [1.807, 2.05) is 24.3 Å². The first-order valence-corrected chi connectivity index (χ1v) is 9.26. The number of aromatic nitrogens is 1. The summed E-state index contributed by atoms with van der Waals surface area (Å²) >= 11 is 12.3. The normalized spacial score (nSPS) is 11.3. The number of rotatable bonds is 6. The number of furan rings is 1. The minimum absolute atomic E-state index is 0.627. The van der Waals surface area contributed by atoms with Gasteiger partial charge in [-0.2, -0.15) is 0 Å². The van der Waals surface area contributed by atoms with Crippen molar-refractivity contribution in [2.24, 2.45) is 0 Å². The average molecular weight is 385 g/mol. The number of halogens is 2. The number of fused-ring (bicyclic) bond motifs is 1. The zero-order chi connectivity index (χ0) is 17.9. The SMILES string of the molecule is Clc1ccc(Cl)c(-c2ccc(CNCCc3c[nH]c4ccccc34)o2)c1. The number of para-hydroxylation sites is 1. The number of H-pyrrole nitrogens is 1. The van der Waals surface area contributed by atoms with Crippen molar-refractivity contribution in [1.29, 1.82) is 0 Å². The Labute approximate surface area is 161 Å². The number of hydrogen-bond donors (Lipinski definition) is 2. The third-order valence-electron chi connectivity index (χ3n) is 4.40. The molecule has 0 spiro atoms. The van der Waals surface area contributed by atoms with E-state index in [4.69, 9.17) is 27.6 Å². The molecule has 2 aromatic heterocycles. The van der Waals surface area contributed by atoms with Crippen LogP contribution in [0.1, 0.15) is 11.3 Å². The summed E-state index contributed by atoms with van der Waals surface area (Å²) in [5.41, 5.74) is 3.31. The maximum Gasteiger partial charge on any atom is 0.135 e. The van der Waals surface area contributed by atoms with Crippen LogP contribution in [-0.4, -0.2) is 11.5 Å². The van der Waals surface area contributed by atoms with Gasteiger partial charge in [-0.25, -0.2) is 0 Å². The van der Waals surface area contributed by atoms with Crippen LogP contribution in [0.15, 0.2) is 65.2 Å². The topological polar surface area (TPSA) is 41.0 Å². The maximum absolute atomic E-state index is 6.23. The molecule has 0 saturated heterocycles. The van der Waals surface area contributed by atoms with Crippen molar-refractivity contribution in [2.45, 2.75) is 13.0 Å². The Morgan fingerprint density at radius 1 is 1.00 bits per heavy atom. The van der Waals surface area contributed by atoms with Crippen molar-refractivity contribution >= 4 is 34.1 Å². The molecule has 3 nitrogen and oxygen atoms in total. The molecule has 0 amide bonds. The van der Waals surface area contributed by atoms with Gasteiger partial charge in [0.15, 0.2) is 0 Å². The van der Waals surface area contributed by atoms with Gasteiger partial charge in [0, 0.05) is 27.7 Å². The van der Waals surface area contributed by atoms with E-state index in [0.717, 1.165) is 30.0 Å². The van der Waals surface area contributed by atoms with Crippen LogP contribution in [0.2, 0.25) is 10.0 Å². The van der Waals surface area contributed by atoms with Crippen LogP contribution in [0, 0.1) is 0 Å². The van der Waals surface area contributed by atoms with E-state index in [2.05, 4.69) is 34.7 Å². The molecule has 26 heavy (non-hydrogen) atoms. The molecule has 0 fully saturated rings. The third kappa shape index (κ3) is 3.65. The fraction of sp³-hybridized carbons (Fsp3) is 0.143. The molecule has 0 unspecified atom stereocenters. The fourth-order valence-electron chi connectivity index (χ4n) is 3.08. The van der Waals surface area contributed by atoms with Gasteiger partial charge < -0.3 is 14.7 Å². The Kier molecular flexibility index (Phi) is 5.02. The van der Waals surface area contributed by atoms with Crippen molar-refractivity contribution in [1.82, 2.24) is 10.3 Å². The zero-order valence-electron chi connectivity index (χ0n) is 14.1. The molecule has 0 radical (unpaired) electrons. The van der Waals surface area contributed by atoms with E-state index in [1.165, 1.54) is 16.5 Å². The molecule has 0 aliphatic carbocycles. The molecule has 0 aliphatic heterocycles. The molecule has 0 atom stereocenters. The molecule has 4 aromatic rings. The molecule has 0 bridgehead atoms.